The second-order valence-electron chi connectivity index (χ2n) is 4.70. The van der Waals surface area contributed by atoms with Gasteiger partial charge in [0, 0.05) is 10.9 Å². The number of amides is 1. The van der Waals surface area contributed by atoms with Gasteiger partial charge in [0.1, 0.15) is 0 Å². The molecular weight excluding hydrogens is 266 g/mol. The number of carboxylic acids is 1. The number of aliphatic carboxylic acids is 1. The Hall–Kier alpha value is -1.55. The van der Waals surface area contributed by atoms with Gasteiger partial charge < -0.3 is 10.4 Å². The van der Waals surface area contributed by atoms with Crippen molar-refractivity contribution in [2.24, 2.45) is 11.8 Å². The first kappa shape index (κ1) is 15.5. The minimum Gasteiger partial charge on any atom is -0.481 e. The average Bonchev–Trinajstić information content (AvgIpc) is 2.36. The maximum absolute atomic E-state index is 12.0. The van der Waals surface area contributed by atoms with Crippen LogP contribution < -0.4 is 5.32 Å². The van der Waals surface area contributed by atoms with Gasteiger partial charge in [-0.25, -0.2) is 0 Å². The maximum atomic E-state index is 12.0. The number of nitrogens with one attached hydrogen (secondary N) is 1. The zero-order chi connectivity index (χ0) is 14.6. The highest BCUT2D eigenvalue weighted by atomic mass is 35.5. The Morgan fingerprint density at radius 1 is 1.21 bits per heavy atom. The maximum Gasteiger partial charge on any atom is 0.307 e. The van der Waals surface area contributed by atoms with Gasteiger partial charge in [-0.2, -0.15) is 0 Å². The predicted octanol–water partition coefficient (Wildman–Crippen LogP) is 2.87. The number of benzene rings is 1. The molecule has 1 aromatic rings. The Labute approximate surface area is 117 Å². The smallest absolute Gasteiger partial charge is 0.307 e. The molecule has 2 N–H and O–H groups in total. The Morgan fingerprint density at radius 2 is 1.84 bits per heavy atom. The summed E-state index contributed by atoms with van der Waals surface area (Å²) < 4.78 is 0. The molecule has 0 aliphatic rings. The van der Waals surface area contributed by atoms with E-state index in [1.807, 2.05) is 19.1 Å². The van der Waals surface area contributed by atoms with Gasteiger partial charge in [-0.1, -0.05) is 37.6 Å². The number of carboxylic acid groups (broad SMARTS) is 1. The lowest BCUT2D eigenvalue weighted by Crippen LogP contribution is -2.36. The van der Waals surface area contributed by atoms with E-state index in [9.17, 15) is 9.59 Å². The van der Waals surface area contributed by atoms with Crippen molar-refractivity contribution in [3.63, 3.8) is 0 Å². The lowest BCUT2D eigenvalue weighted by Gasteiger charge is -2.20. The highest BCUT2D eigenvalue weighted by Crippen LogP contribution is 2.19. The van der Waals surface area contributed by atoms with Crippen LogP contribution in [-0.2, 0) is 9.59 Å². The van der Waals surface area contributed by atoms with Gasteiger partial charge >= 0.3 is 5.97 Å². The van der Waals surface area contributed by atoms with Crippen LogP contribution in [0, 0.1) is 11.8 Å². The fraction of sp³-hybridized carbons (Fsp3) is 0.429. The Kier molecular flexibility index (Phi) is 5.36. The fourth-order valence-electron chi connectivity index (χ4n) is 1.65. The van der Waals surface area contributed by atoms with Crippen molar-refractivity contribution in [3.05, 3.63) is 34.9 Å². The molecule has 104 valence electrons. The van der Waals surface area contributed by atoms with Crippen LogP contribution in [0.2, 0.25) is 5.02 Å². The molecule has 0 heterocycles. The van der Waals surface area contributed by atoms with Crippen molar-refractivity contribution in [3.8, 4) is 0 Å². The molecule has 0 radical (unpaired) electrons. The summed E-state index contributed by atoms with van der Waals surface area (Å²) in [5, 5.41) is 12.3. The van der Waals surface area contributed by atoms with Crippen molar-refractivity contribution in [2.75, 3.05) is 0 Å². The molecule has 0 fully saturated rings. The minimum atomic E-state index is -0.974. The highest BCUT2D eigenvalue weighted by molar-refractivity contribution is 6.30. The number of carbonyl (C=O) groups is 2. The molecule has 0 aliphatic heterocycles. The molecule has 0 saturated heterocycles. The third kappa shape index (κ3) is 4.24. The van der Waals surface area contributed by atoms with Crippen LogP contribution in [0.4, 0.5) is 0 Å². The van der Waals surface area contributed by atoms with Gasteiger partial charge in [0.15, 0.2) is 0 Å². The molecule has 0 aliphatic carbocycles. The van der Waals surface area contributed by atoms with E-state index in [4.69, 9.17) is 16.7 Å². The van der Waals surface area contributed by atoms with Crippen molar-refractivity contribution in [1.29, 1.82) is 0 Å². The molecule has 3 atom stereocenters. The Balaban J connectivity index is 2.69. The topological polar surface area (TPSA) is 66.4 Å². The summed E-state index contributed by atoms with van der Waals surface area (Å²) in [6, 6.07) is 6.99. The first-order valence-electron chi connectivity index (χ1n) is 6.11. The van der Waals surface area contributed by atoms with E-state index in [1.165, 1.54) is 6.92 Å². The van der Waals surface area contributed by atoms with Crippen LogP contribution >= 0.6 is 11.6 Å². The number of carbonyl (C=O) groups excluding carboxylic acids is 1. The molecule has 0 saturated carbocycles. The quantitative estimate of drug-likeness (QED) is 0.873. The molecule has 3 unspecified atom stereocenters. The third-order valence-corrected chi connectivity index (χ3v) is 3.50. The summed E-state index contributed by atoms with van der Waals surface area (Å²) in [7, 11) is 0. The zero-order valence-electron chi connectivity index (χ0n) is 11.2. The van der Waals surface area contributed by atoms with Crippen LogP contribution in [0.5, 0.6) is 0 Å². The van der Waals surface area contributed by atoms with Gasteiger partial charge in [0.25, 0.3) is 0 Å². The molecular formula is C14H18ClNO3. The standard InChI is InChI=1S/C14H18ClNO3/c1-8(9(2)14(18)19)13(17)16-10(3)11-5-4-6-12(15)7-11/h4-10H,1-3H3,(H,16,17)(H,18,19). The van der Waals surface area contributed by atoms with Gasteiger partial charge in [-0.15, -0.1) is 0 Å². The van der Waals surface area contributed by atoms with E-state index in [0.717, 1.165) is 5.56 Å². The van der Waals surface area contributed by atoms with Crippen molar-refractivity contribution < 1.29 is 14.7 Å². The summed E-state index contributed by atoms with van der Waals surface area (Å²) >= 11 is 5.89. The predicted molar refractivity (Wildman–Crippen MR) is 74.0 cm³/mol. The van der Waals surface area contributed by atoms with Crippen molar-refractivity contribution >= 4 is 23.5 Å². The fourth-order valence-corrected chi connectivity index (χ4v) is 1.84. The Morgan fingerprint density at radius 3 is 2.37 bits per heavy atom. The second kappa shape index (κ2) is 6.57. The minimum absolute atomic E-state index is 0.213. The van der Waals surface area contributed by atoms with Gasteiger partial charge in [-0.05, 0) is 24.6 Å². The molecule has 1 aromatic carbocycles. The van der Waals surface area contributed by atoms with E-state index in [2.05, 4.69) is 5.32 Å². The van der Waals surface area contributed by atoms with E-state index in [0.29, 0.717) is 5.02 Å². The molecule has 1 rings (SSSR count). The van der Waals surface area contributed by atoms with Crippen LogP contribution in [0.1, 0.15) is 32.4 Å². The summed E-state index contributed by atoms with van der Waals surface area (Å²) in [6.07, 6.45) is 0. The zero-order valence-corrected chi connectivity index (χ0v) is 11.9. The summed E-state index contributed by atoms with van der Waals surface area (Å²) in [4.78, 5) is 22.8. The van der Waals surface area contributed by atoms with Crippen molar-refractivity contribution in [2.45, 2.75) is 26.8 Å². The molecule has 4 nitrogen and oxygen atoms in total. The molecule has 19 heavy (non-hydrogen) atoms. The summed E-state index contributed by atoms with van der Waals surface area (Å²) in [6.45, 7) is 4.97. The Bertz CT molecular complexity index is 476. The molecule has 0 aromatic heterocycles. The monoisotopic (exact) mass is 283 g/mol. The lowest BCUT2D eigenvalue weighted by molar-refractivity contribution is -0.146. The highest BCUT2D eigenvalue weighted by Gasteiger charge is 2.26. The van der Waals surface area contributed by atoms with Crippen LogP contribution in [0.3, 0.4) is 0 Å². The lowest BCUT2D eigenvalue weighted by atomic mass is 9.94. The van der Waals surface area contributed by atoms with Crippen LogP contribution in [0.25, 0.3) is 0 Å². The SMILES string of the molecule is CC(NC(=O)C(C)C(C)C(=O)O)c1cccc(Cl)c1. The first-order valence-corrected chi connectivity index (χ1v) is 6.49. The van der Waals surface area contributed by atoms with Crippen LogP contribution in [-0.4, -0.2) is 17.0 Å². The largest absolute Gasteiger partial charge is 0.481 e. The van der Waals surface area contributed by atoms with Gasteiger partial charge in [-0.3, -0.25) is 9.59 Å². The van der Waals surface area contributed by atoms with Gasteiger partial charge in [0.2, 0.25) is 5.91 Å². The number of hydrogen-bond acceptors (Lipinski definition) is 2. The first-order chi connectivity index (χ1) is 8.82. The van der Waals surface area contributed by atoms with E-state index in [1.54, 1.807) is 19.1 Å². The number of rotatable bonds is 5. The van der Waals surface area contributed by atoms with Crippen LogP contribution in [0.15, 0.2) is 24.3 Å². The average molecular weight is 284 g/mol. The summed E-state index contributed by atoms with van der Waals surface area (Å²) in [5.41, 5.74) is 0.885. The normalized spacial score (nSPS) is 15.4. The van der Waals surface area contributed by atoms with Gasteiger partial charge in [0.05, 0.1) is 12.0 Å². The molecule has 0 bridgehead atoms. The molecule has 1 amide bonds. The number of halogens is 1. The third-order valence-electron chi connectivity index (χ3n) is 3.26. The van der Waals surface area contributed by atoms with E-state index < -0.39 is 17.8 Å². The van der Waals surface area contributed by atoms with E-state index in [-0.39, 0.29) is 11.9 Å². The van der Waals surface area contributed by atoms with E-state index >= 15 is 0 Å². The number of hydrogen-bond donors (Lipinski definition) is 2. The molecule has 5 heteroatoms. The second-order valence-corrected chi connectivity index (χ2v) is 5.14. The summed E-state index contributed by atoms with van der Waals surface area (Å²) in [5.74, 6) is -2.55. The molecule has 0 spiro atoms. The van der Waals surface area contributed by atoms with Crippen molar-refractivity contribution in [1.82, 2.24) is 5.32 Å².